The normalized spacial score (nSPS) is 11.0. The van der Waals surface area contributed by atoms with Crippen LogP contribution in [0.1, 0.15) is 28.9 Å². The van der Waals surface area contributed by atoms with Gasteiger partial charge in [-0.3, -0.25) is 0 Å². The van der Waals surface area contributed by atoms with E-state index in [1.54, 1.807) is 0 Å². The number of nitrogens with two attached hydrogens (primary N) is 1. The second-order valence-corrected chi connectivity index (χ2v) is 5.80. The Balaban J connectivity index is 2.45. The van der Waals surface area contributed by atoms with Crippen LogP contribution in [0.3, 0.4) is 0 Å². The summed E-state index contributed by atoms with van der Waals surface area (Å²) in [6, 6.07) is 6.27. The smallest absolute Gasteiger partial charge is 0.0678 e. The number of nitrogens with zero attached hydrogens (tertiary/aromatic N) is 2. The van der Waals surface area contributed by atoms with Crippen LogP contribution < -0.4 is 5.73 Å². The molecule has 0 aliphatic carbocycles. The van der Waals surface area contributed by atoms with Crippen LogP contribution in [0.25, 0.3) is 5.69 Å². The number of rotatable bonds is 4. The van der Waals surface area contributed by atoms with Crippen molar-refractivity contribution in [3.05, 3.63) is 45.2 Å². The van der Waals surface area contributed by atoms with Crippen LogP contribution in [0.4, 0.5) is 0 Å². The van der Waals surface area contributed by atoms with E-state index in [0.29, 0.717) is 0 Å². The summed E-state index contributed by atoms with van der Waals surface area (Å²) >= 11 is 3.50. The lowest BCUT2D eigenvalue weighted by Gasteiger charge is -2.09. The molecule has 2 N–H and O–H groups in total. The highest BCUT2D eigenvalue weighted by molar-refractivity contribution is 9.10. The van der Waals surface area contributed by atoms with Gasteiger partial charge in [0.25, 0.3) is 0 Å². The number of aryl methyl sites for hydroxylation is 2. The fraction of sp³-hybridized carbons (Fsp3) is 0.400. The van der Waals surface area contributed by atoms with E-state index in [4.69, 9.17) is 5.73 Å². The monoisotopic (exact) mass is 321 g/mol. The minimum atomic E-state index is 0.724. The third-order valence-electron chi connectivity index (χ3n) is 3.46. The molecule has 3 nitrogen and oxygen atoms in total. The molecule has 0 amide bonds. The van der Waals surface area contributed by atoms with Gasteiger partial charge in [-0.15, -0.1) is 0 Å². The Morgan fingerprint density at radius 3 is 2.63 bits per heavy atom. The van der Waals surface area contributed by atoms with Crippen molar-refractivity contribution in [3.63, 3.8) is 0 Å². The molecule has 0 bridgehead atoms. The predicted molar refractivity (Wildman–Crippen MR) is 82.9 cm³/mol. The Labute approximate surface area is 122 Å². The molecule has 0 aliphatic heterocycles. The van der Waals surface area contributed by atoms with E-state index < -0.39 is 0 Å². The van der Waals surface area contributed by atoms with Crippen molar-refractivity contribution in [2.45, 2.75) is 33.6 Å². The summed E-state index contributed by atoms with van der Waals surface area (Å²) < 4.78 is 3.14. The molecule has 0 atom stereocenters. The van der Waals surface area contributed by atoms with Gasteiger partial charge in [0, 0.05) is 10.2 Å². The van der Waals surface area contributed by atoms with E-state index in [1.807, 2.05) is 4.68 Å². The molecule has 19 heavy (non-hydrogen) atoms. The van der Waals surface area contributed by atoms with Crippen molar-refractivity contribution >= 4 is 15.9 Å². The summed E-state index contributed by atoms with van der Waals surface area (Å²) in [4.78, 5) is 0. The topological polar surface area (TPSA) is 43.8 Å². The number of benzene rings is 1. The van der Waals surface area contributed by atoms with Gasteiger partial charge in [-0.05, 0) is 69.5 Å². The van der Waals surface area contributed by atoms with Gasteiger partial charge in [0.05, 0.1) is 11.4 Å². The standard InChI is InChI=1S/C15H20BrN3/c1-10-9-13(16)6-7-15(10)19-12(3)14(5-4-8-17)11(2)18-19/h6-7,9H,4-5,8,17H2,1-3H3. The van der Waals surface area contributed by atoms with Crippen LogP contribution in [0.15, 0.2) is 22.7 Å². The molecule has 102 valence electrons. The molecule has 0 fully saturated rings. The molecule has 0 radical (unpaired) electrons. The minimum Gasteiger partial charge on any atom is -0.330 e. The van der Waals surface area contributed by atoms with Crippen LogP contribution in [0.5, 0.6) is 0 Å². The first-order valence-corrected chi connectivity index (χ1v) is 7.35. The lowest BCUT2D eigenvalue weighted by atomic mass is 10.1. The van der Waals surface area contributed by atoms with Gasteiger partial charge in [-0.2, -0.15) is 5.10 Å². The number of hydrogen-bond acceptors (Lipinski definition) is 2. The quantitative estimate of drug-likeness (QED) is 0.937. The zero-order valence-electron chi connectivity index (χ0n) is 11.7. The van der Waals surface area contributed by atoms with Gasteiger partial charge < -0.3 is 5.73 Å². The molecule has 0 unspecified atom stereocenters. The van der Waals surface area contributed by atoms with Gasteiger partial charge in [-0.1, -0.05) is 15.9 Å². The highest BCUT2D eigenvalue weighted by Gasteiger charge is 2.13. The number of aromatic nitrogens is 2. The SMILES string of the molecule is Cc1cc(Br)ccc1-n1nc(C)c(CCCN)c1C. The second-order valence-electron chi connectivity index (χ2n) is 4.88. The number of halogens is 1. The van der Waals surface area contributed by atoms with Gasteiger partial charge in [0.2, 0.25) is 0 Å². The van der Waals surface area contributed by atoms with Crippen molar-refractivity contribution in [2.24, 2.45) is 5.73 Å². The van der Waals surface area contributed by atoms with Crippen molar-refractivity contribution in [1.29, 1.82) is 0 Å². The van der Waals surface area contributed by atoms with Crippen LogP contribution in [0, 0.1) is 20.8 Å². The Hall–Kier alpha value is -1.13. The maximum absolute atomic E-state index is 5.60. The van der Waals surface area contributed by atoms with Crippen molar-refractivity contribution in [1.82, 2.24) is 9.78 Å². The second kappa shape index (κ2) is 5.88. The molecule has 1 aromatic heterocycles. The molecule has 2 aromatic rings. The molecular weight excluding hydrogens is 302 g/mol. The largest absolute Gasteiger partial charge is 0.330 e. The lowest BCUT2D eigenvalue weighted by molar-refractivity contribution is 0.813. The fourth-order valence-corrected chi connectivity index (χ4v) is 2.88. The molecule has 1 heterocycles. The average Bonchev–Trinajstić information content (AvgIpc) is 2.63. The summed E-state index contributed by atoms with van der Waals surface area (Å²) in [5.41, 5.74) is 11.6. The Kier molecular flexibility index (Phi) is 4.42. The first-order valence-electron chi connectivity index (χ1n) is 6.56. The predicted octanol–water partition coefficient (Wildman–Crippen LogP) is 3.45. The molecular formula is C15H20BrN3. The van der Waals surface area contributed by atoms with Crippen LogP contribution >= 0.6 is 15.9 Å². The van der Waals surface area contributed by atoms with Crippen molar-refractivity contribution < 1.29 is 0 Å². The summed E-state index contributed by atoms with van der Waals surface area (Å²) in [5.74, 6) is 0. The molecule has 2 rings (SSSR count). The van der Waals surface area contributed by atoms with E-state index in [1.165, 1.54) is 16.8 Å². The summed E-state index contributed by atoms with van der Waals surface area (Å²) in [7, 11) is 0. The van der Waals surface area contributed by atoms with Crippen LogP contribution in [0.2, 0.25) is 0 Å². The maximum Gasteiger partial charge on any atom is 0.0678 e. The van der Waals surface area contributed by atoms with Gasteiger partial charge >= 0.3 is 0 Å². The van der Waals surface area contributed by atoms with E-state index in [2.05, 4.69) is 60.0 Å². The molecule has 4 heteroatoms. The van der Waals surface area contributed by atoms with E-state index in [9.17, 15) is 0 Å². The highest BCUT2D eigenvalue weighted by atomic mass is 79.9. The Bertz CT molecular complexity index is 587. The Morgan fingerprint density at radius 2 is 2.00 bits per heavy atom. The lowest BCUT2D eigenvalue weighted by Crippen LogP contribution is -2.03. The van der Waals surface area contributed by atoms with Gasteiger partial charge in [0.1, 0.15) is 0 Å². The summed E-state index contributed by atoms with van der Waals surface area (Å²) in [6.07, 6.45) is 2.01. The highest BCUT2D eigenvalue weighted by Crippen LogP contribution is 2.23. The summed E-state index contributed by atoms with van der Waals surface area (Å²) in [6.45, 7) is 7.04. The van der Waals surface area contributed by atoms with E-state index >= 15 is 0 Å². The summed E-state index contributed by atoms with van der Waals surface area (Å²) in [5, 5.41) is 4.68. The van der Waals surface area contributed by atoms with E-state index in [-0.39, 0.29) is 0 Å². The minimum absolute atomic E-state index is 0.724. The third-order valence-corrected chi connectivity index (χ3v) is 3.95. The average molecular weight is 322 g/mol. The van der Waals surface area contributed by atoms with Crippen LogP contribution in [-0.4, -0.2) is 16.3 Å². The molecule has 1 aromatic carbocycles. The molecule has 0 saturated carbocycles. The maximum atomic E-state index is 5.60. The first-order chi connectivity index (χ1) is 9.04. The first kappa shape index (κ1) is 14.3. The number of hydrogen-bond donors (Lipinski definition) is 1. The van der Waals surface area contributed by atoms with Gasteiger partial charge in [-0.25, -0.2) is 4.68 Å². The zero-order chi connectivity index (χ0) is 14.0. The van der Waals surface area contributed by atoms with E-state index in [0.717, 1.165) is 35.2 Å². The molecule has 0 spiro atoms. The Morgan fingerprint density at radius 1 is 1.26 bits per heavy atom. The van der Waals surface area contributed by atoms with Crippen molar-refractivity contribution in [3.8, 4) is 5.69 Å². The van der Waals surface area contributed by atoms with Gasteiger partial charge in [0.15, 0.2) is 0 Å². The fourth-order valence-electron chi connectivity index (χ4n) is 2.41. The van der Waals surface area contributed by atoms with Crippen molar-refractivity contribution in [2.75, 3.05) is 6.54 Å². The third kappa shape index (κ3) is 2.90. The molecule has 0 saturated heterocycles. The van der Waals surface area contributed by atoms with Crippen LogP contribution in [-0.2, 0) is 6.42 Å². The molecule has 0 aliphatic rings. The zero-order valence-corrected chi connectivity index (χ0v) is 13.3.